The highest BCUT2D eigenvalue weighted by atomic mass is 127. The number of hydrogen-bond acceptors (Lipinski definition) is 4. The van der Waals surface area contributed by atoms with E-state index in [1.165, 1.54) is 0 Å². The highest BCUT2D eigenvalue weighted by Crippen LogP contribution is 2.12. The predicted octanol–water partition coefficient (Wildman–Crippen LogP) is 3.62. The van der Waals surface area contributed by atoms with Crippen LogP contribution in [0.15, 0.2) is 48.0 Å². The first kappa shape index (κ1) is 26.7. The third kappa shape index (κ3) is 10.5. The van der Waals surface area contributed by atoms with E-state index in [0.717, 1.165) is 36.6 Å². The van der Waals surface area contributed by atoms with Gasteiger partial charge in [-0.3, -0.25) is 4.99 Å². The SMILES string of the molecule is CN=C(NCCCn1ccnc1)NCc1ccc(CN(C)C(=O)OC(C)(C)C)cc1.I. The Kier molecular flexibility index (Phi) is 11.4. The normalized spacial score (nSPS) is 11.5. The summed E-state index contributed by atoms with van der Waals surface area (Å²) < 4.78 is 7.44. The van der Waals surface area contributed by atoms with Crippen molar-refractivity contribution in [2.75, 3.05) is 20.6 Å². The minimum atomic E-state index is -0.493. The number of aromatic nitrogens is 2. The molecule has 0 fully saturated rings. The zero-order chi connectivity index (χ0) is 22.0. The van der Waals surface area contributed by atoms with Gasteiger partial charge in [0, 0.05) is 52.7 Å². The number of amides is 1. The van der Waals surface area contributed by atoms with E-state index < -0.39 is 5.60 Å². The molecule has 1 aromatic carbocycles. The highest BCUT2D eigenvalue weighted by molar-refractivity contribution is 14.0. The summed E-state index contributed by atoms with van der Waals surface area (Å²) in [5, 5.41) is 6.64. The fourth-order valence-corrected chi connectivity index (χ4v) is 2.73. The molecule has 0 aliphatic rings. The van der Waals surface area contributed by atoms with Gasteiger partial charge in [-0.25, -0.2) is 9.78 Å². The van der Waals surface area contributed by atoms with Crippen LogP contribution in [0, 0.1) is 0 Å². The summed E-state index contributed by atoms with van der Waals surface area (Å²) in [5.74, 6) is 0.773. The van der Waals surface area contributed by atoms with Gasteiger partial charge in [-0.15, -0.1) is 24.0 Å². The van der Waals surface area contributed by atoms with Crippen LogP contribution in [0.25, 0.3) is 0 Å². The molecule has 8 nitrogen and oxygen atoms in total. The lowest BCUT2D eigenvalue weighted by Crippen LogP contribution is -2.37. The molecule has 1 heterocycles. The molecule has 2 rings (SSSR count). The molecular weight excluding hydrogens is 507 g/mol. The Labute approximate surface area is 202 Å². The molecule has 0 bridgehead atoms. The highest BCUT2D eigenvalue weighted by Gasteiger charge is 2.19. The van der Waals surface area contributed by atoms with Crippen molar-refractivity contribution < 1.29 is 9.53 Å². The van der Waals surface area contributed by atoms with Gasteiger partial charge in [0.25, 0.3) is 0 Å². The quantitative estimate of drug-likeness (QED) is 0.231. The van der Waals surface area contributed by atoms with Gasteiger partial charge in [-0.2, -0.15) is 0 Å². The Morgan fingerprint density at radius 3 is 2.45 bits per heavy atom. The third-order valence-electron chi connectivity index (χ3n) is 4.28. The molecule has 0 spiro atoms. The lowest BCUT2D eigenvalue weighted by Gasteiger charge is -2.24. The minimum Gasteiger partial charge on any atom is -0.444 e. The lowest BCUT2D eigenvalue weighted by atomic mass is 10.1. The summed E-state index contributed by atoms with van der Waals surface area (Å²) in [6.45, 7) is 8.51. The van der Waals surface area contributed by atoms with Crippen LogP contribution in [0.1, 0.15) is 38.3 Å². The zero-order valence-corrected chi connectivity index (χ0v) is 21.4. The molecular formula is C22H35IN6O2. The number of rotatable bonds is 8. The van der Waals surface area contributed by atoms with Crippen LogP contribution in [0.5, 0.6) is 0 Å². The van der Waals surface area contributed by atoms with E-state index in [2.05, 4.69) is 37.3 Å². The van der Waals surface area contributed by atoms with Crippen LogP contribution in [0.4, 0.5) is 4.79 Å². The van der Waals surface area contributed by atoms with Crippen LogP contribution in [0.2, 0.25) is 0 Å². The molecule has 2 N–H and O–H groups in total. The standard InChI is InChI=1S/C22H34N6O2.HI/c1-22(2,3)30-21(29)27(5)16-19-9-7-18(8-10-19)15-26-20(23-4)25-11-6-13-28-14-12-24-17-28;/h7-10,12,14,17H,6,11,13,15-16H2,1-5H3,(H2,23,25,26);1H. The number of benzene rings is 1. The maximum atomic E-state index is 12.1. The monoisotopic (exact) mass is 542 g/mol. The second kappa shape index (κ2) is 13.2. The Bertz CT molecular complexity index is 800. The molecule has 172 valence electrons. The van der Waals surface area contributed by atoms with Crippen molar-refractivity contribution in [3.8, 4) is 0 Å². The molecule has 0 saturated carbocycles. The fourth-order valence-electron chi connectivity index (χ4n) is 2.73. The van der Waals surface area contributed by atoms with E-state index in [9.17, 15) is 4.79 Å². The number of aryl methyl sites for hydroxylation is 1. The molecule has 0 unspecified atom stereocenters. The van der Waals surface area contributed by atoms with Gasteiger partial charge in [0.1, 0.15) is 5.60 Å². The van der Waals surface area contributed by atoms with E-state index in [1.807, 2.05) is 45.4 Å². The smallest absolute Gasteiger partial charge is 0.410 e. The van der Waals surface area contributed by atoms with E-state index in [1.54, 1.807) is 25.2 Å². The number of nitrogens with one attached hydrogen (secondary N) is 2. The molecule has 0 aliphatic carbocycles. The summed E-state index contributed by atoms with van der Waals surface area (Å²) in [6.07, 6.45) is 6.23. The van der Waals surface area contributed by atoms with Crippen LogP contribution < -0.4 is 10.6 Å². The Morgan fingerprint density at radius 1 is 1.19 bits per heavy atom. The molecule has 31 heavy (non-hydrogen) atoms. The lowest BCUT2D eigenvalue weighted by molar-refractivity contribution is 0.0285. The molecule has 0 atom stereocenters. The van der Waals surface area contributed by atoms with E-state index in [-0.39, 0.29) is 30.1 Å². The van der Waals surface area contributed by atoms with Crippen molar-refractivity contribution in [1.29, 1.82) is 0 Å². The van der Waals surface area contributed by atoms with Gasteiger partial charge in [0.15, 0.2) is 5.96 Å². The van der Waals surface area contributed by atoms with Crippen molar-refractivity contribution in [2.24, 2.45) is 4.99 Å². The first-order valence-corrected chi connectivity index (χ1v) is 10.2. The van der Waals surface area contributed by atoms with Gasteiger partial charge in [0.05, 0.1) is 6.33 Å². The van der Waals surface area contributed by atoms with Crippen molar-refractivity contribution in [1.82, 2.24) is 25.1 Å². The third-order valence-corrected chi connectivity index (χ3v) is 4.28. The Morgan fingerprint density at radius 2 is 1.87 bits per heavy atom. The second-order valence-electron chi connectivity index (χ2n) is 8.16. The summed E-state index contributed by atoms with van der Waals surface area (Å²) in [6, 6.07) is 8.16. The number of carbonyl (C=O) groups excluding carboxylic acids is 1. The molecule has 2 aromatic rings. The average Bonchev–Trinajstić information content (AvgIpc) is 3.20. The number of nitrogens with zero attached hydrogens (tertiary/aromatic N) is 4. The van der Waals surface area contributed by atoms with Gasteiger partial charge < -0.3 is 24.8 Å². The van der Waals surface area contributed by atoms with Gasteiger partial charge >= 0.3 is 6.09 Å². The first-order valence-electron chi connectivity index (χ1n) is 10.2. The number of aliphatic imine (C=N–C) groups is 1. The average molecular weight is 542 g/mol. The molecule has 0 radical (unpaired) electrons. The number of imidazole rings is 1. The van der Waals surface area contributed by atoms with Crippen LogP contribution >= 0.6 is 24.0 Å². The van der Waals surface area contributed by atoms with Crippen LogP contribution in [0.3, 0.4) is 0 Å². The summed E-state index contributed by atoms with van der Waals surface area (Å²) in [4.78, 5) is 22.0. The largest absolute Gasteiger partial charge is 0.444 e. The molecule has 1 aromatic heterocycles. The number of hydrogen-bond donors (Lipinski definition) is 2. The number of carbonyl (C=O) groups is 1. The van der Waals surface area contributed by atoms with Crippen molar-refractivity contribution >= 4 is 36.0 Å². The molecule has 0 saturated heterocycles. The van der Waals surface area contributed by atoms with Crippen LogP contribution in [-0.2, 0) is 24.4 Å². The van der Waals surface area contributed by atoms with E-state index >= 15 is 0 Å². The zero-order valence-electron chi connectivity index (χ0n) is 19.1. The minimum absolute atomic E-state index is 0. The fraction of sp³-hybridized carbons (Fsp3) is 0.500. The van der Waals surface area contributed by atoms with Crippen molar-refractivity contribution in [2.45, 2.75) is 52.4 Å². The summed E-state index contributed by atoms with van der Waals surface area (Å²) >= 11 is 0. The molecule has 0 aliphatic heterocycles. The first-order chi connectivity index (χ1) is 14.3. The van der Waals surface area contributed by atoms with E-state index in [0.29, 0.717) is 13.1 Å². The summed E-state index contributed by atoms with van der Waals surface area (Å²) in [7, 11) is 3.51. The Hall–Kier alpha value is -2.30. The second-order valence-corrected chi connectivity index (χ2v) is 8.16. The number of guanidine groups is 1. The predicted molar refractivity (Wildman–Crippen MR) is 135 cm³/mol. The maximum Gasteiger partial charge on any atom is 0.410 e. The number of halogens is 1. The molecule has 9 heteroatoms. The topological polar surface area (TPSA) is 83.8 Å². The van der Waals surface area contributed by atoms with Crippen LogP contribution in [-0.4, -0.2) is 52.7 Å². The maximum absolute atomic E-state index is 12.1. The van der Waals surface area contributed by atoms with Crippen molar-refractivity contribution in [3.63, 3.8) is 0 Å². The van der Waals surface area contributed by atoms with E-state index in [4.69, 9.17) is 4.74 Å². The molecule has 1 amide bonds. The van der Waals surface area contributed by atoms with Gasteiger partial charge in [-0.1, -0.05) is 24.3 Å². The van der Waals surface area contributed by atoms with Gasteiger partial charge in [0.2, 0.25) is 0 Å². The van der Waals surface area contributed by atoms with Crippen molar-refractivity contribution in [3.05, 3.63) is 54.1 Å². The number of ether oxygens (including phenoxy) is 1. The van der Waals surface area contributed by atoms with Gasteiger partial charge in [-0.05, 0) is 38.3 Å². The summed E-state index contributed by atoms with van der Waals surface area (Å²) in [5.41, 5.74) is 1.70. The Balaban J connectivity index is 0.00000480.